The van der Waals surface area contributed by atoms with Crippen LogP contribution >= 0.6 is 0 Å². The van der Waals surface area contributed by atoms with Gasteiger partial charge in [-0.1, -0.05) is 45.4 Å². The van der Waals surface area contributed by atoms with Crippen molar-refractivity contribution in [3.63, 3.8) is 0 Å². The van der Waals surface area contributed by atoms with Crippen LogP contribution in [0.3, 0.4) is 0 Å². The van der Waals surface area contributed by atoms with E-state index in [2.05, 4.69) is 51.2 Å². The SMILES string of the molecule is CCCCN[C@@H](C)c1ccccc1OCC(C)C. The highest BCUT2D eigenvalue weighted by molar-refractivity contribution is 5.35. The maximum Gasteiger partial charge on any atom is 0.124 e. The molecule has 2 heteroatoms. The zero-order chi connectivity index (χ0) is 13.4. The normalized spacial score (nSPS) is 12.7. The van der Waals surface area contributed by atoms with Gasteiger partial charge in [-0.15, -0.1) is 0 Å². The Balaban J connectivity index is 2.62. The third-order valence-corrected chi connectivity index (χ3v) is 2.94. The van der Waals surface area contributed by atoms with Crippen LogP contribution < -0.4 is 10.1 Å². The highest BCUT2D eigenvalue weighted by Gasteiger charge is 2.10. The summed E-state index contributed by atoms with van der Waals surface area (Å²) in [6, 6.07) is 8.68. The number of para-hydroxylation sites is 1. The molecule has 18 heavy (non-hydrogen) atoms. The number of hydrogen-bond acceptors (Lipinski definition) is 2. The standard InChI is InChI=1S/C16H27NO/c1-5-6-11-17-14(4)15-9-7-8-10-16(15)18-12-13(2)3/h7-10,13-14,17H,5-6,11-12H2,1-4H3/t14-/m0/s1. The van der Waals surface area contributed by atoms with Gasteiger partial charge in [0.2, 0.25) is 0 Å². The molecular weight excluding hydrogens is 222 g/mol. The first-order chi connectivity index (χ1) is 8.65. The maximum absolute atomic E-state index is 5.89. The second kappa shape index (κ2) is 8.15. The van der Waals surface area contributed by atoms with Crippen molar-refractivity contribution in [2.75, 3.05) is 13.2 Å². The summed E-state index contributed by atoms with van der Waals surface area (Å²) in [7, 11) is 0. The molecule has 1 aromatic rings. The van der Waals surface area contributed by atoms with Gasteiger partial charge in [0, 0.05) is 11.6 Å². The second-order valence-corrected chi connectivity index (χ2v) is 5.27. The predicted molar refractivity (Wildman–Crippen MR) is 78.1 cm³/mol. The van der Waals surface area contributed by atoms with Crippen LogP contribution in [0.15, 0.2) is 24.3 Å². The molecule has 0 aliphatic carbocycles. The number of nitrogens with one attached hydrogen (secondary N) is 1. The first kappa shape index (κ1) is 15.0. The summed E-state index contributed by atoms with van der Waals surface area (Å²) in [5.74, 6) is 1.57. The summed E-state index contributed by atoms with van der Waals surface area (Å²) in [5.41, 5.74) is 1.26. The summed E-state index contributed by atoms with van der Waals surface area (Å²) in [6.07, 6.45) is 2.45. The lowest BCUT2D eigenvalue weighted by atomic mass is 10.1. The van der Waals surface area contributed by atoms with E-state index in [1.807, 2.05) is 6.07 Å². The van der Waals surface area contributed by atoms with Crippen LogP contribution in [0.4, 0.5) is 0 Å². The number of ether oxygens (including phenoxy) is 1. The van der Waals surface area contributed by atoms with E-state index >= 15 is 0 Å². The van der Waals surface area contributed by atoms with Crippen LogP contribution in [0.1, 0.15) is 52.1 Å². The molecule has 0 aliphatic rings. The molecule has 1 aromatic carbocycles. The fourth-order valence-corrected chi connectivity index (χ4v) is 1.83. The number of rotatable bonds is 8. The predicted octanol–water partition coefficient (Wildman–Crippen LogP) is 4.17. The van der Waals surface area contributed by atoms with E-state index in [1.54, 1.807) is 0 Å². The molecule has 2 nitrogen and oxygen atoms in total. The Labute approximate surface area is 112 Å². The lowest BCUT2D eigenvalue weighted by Gasteiger charge is -2.19. The van der Waals surface area contributed by atoms with Gasteiger partial charge in [-0.3, -0.25) is 0 Å². The van der Waals surface area contributed by atoms with Crippen LogP contribution in [-0.4, -0.2) is 13.2 Å². The molecule has 0 aromatic heterocycles. The fourth-order valence-electron chi connectivity index (χ4n) is 1.83. The Bertz CT molecular complexity index is 336. The minimum atomic E-state index is 0.347. The minimum absolute atomic E-state index is 0.347. The van der Waals surface area contributed by atoms with E-state index in [9.17, 15) is 0 Å². The van der Waals surface area contributed by atoms with Gasteiger partial charge in [-0.2, -0.15) is 0 Å². The summed E-state index contributed by atoms with van der Waals surface area (Å²) in [5, 5.41) is 3.55. The molecule has 0 radical (unpaired) electrons. The van der Waals surface area contributed by atoms with Gasteiger partial charge in [0.15, 0.2) is 0 Å². The molecule has 1 atom stereocenters. The van der Waals surface area contributed by atoms with Crippen LogP contribution in [0, 0.1) is 5.92 Å². The monoisotopic (exact) mass is 249 g/mol. The van der Waals surface area contributed by atoms with Gasteiger partial charge in [0.05, 0.1) is 6.61 Å². The van der Waals surface area contributed by atoms with Crippen LogP contribution in [0.5, 0.6) is 5.75 Å². The number of benzene rings is 1. The second-order valence-electron chi connectivity index (χ2n) is 5.27. The van der Waals surface area contributed by atoms with E-state index in [0.717, 1.165) is 18.9 Å². The number of unbranched alkanes of at least 4 members (excludes halogenated alkanes) is 1. The largest absolute Gasteiger partial charge is 0.493 e. The van der Waals surface area contributed by atoms with Gasteiger partial charge in [0.25, 0.3) is 0 Å². The van der Waals surface area contributed by atoms with Crippen molar-refractivity contribution in [1.82, 2.24) is 5.32 Å². The topological polar surface area (TPSA) is 21.3 Å². The smallest absolute Gasteiger partial charge is 0.124 e. The maximum atomic E-state index is 5.89. The van der Waals surface area contributed by atoms with E-state index in [-0.39, 0.29) is 0 Å². The third-order valence-electron chi connectivity index (χ3n) is 2.94. The van der Waals surface area contributed by atoms with Crippen molar-refractivity contribution in [3.8, 4) is 5.75 Å². The Hall–Kier alpha value is -1.02. The first-order valence-corrected chi connectivity index (χ1v) is 7.10. The van der Waals surface area contributed by atoms with E-state index in [0.29, 0.717) is 12.0 Å². The summed E-state index contributed by atoms with van der Waals surface area (Å²) >= 11 is 0. The van der Waals surface area contributed by atoms with Crippen LogP contribution in [-0.2, 0) is 0 Å². The van der Waals surface area contributed by atoms with Crippen molar-refractivity contribution in [2.45, 2.75) is 46.6 Å². The minimum Gasteiger partial charge on any atom is -0.493 e. The van der Waals surface area contributed by atoms with Gasteiger partial charge in [0.1, 0.15) is 5.75 Å². The van der Waals surface area contributed by atoms with Crippen molar-refractivity contribution in [1.29, 1.82) is 0 Å². The van der Waals surface area contributed by atoms with E-state index in [1.165, 1.54) is 18.4 Å². The zero-order valence-corrected chi connectivity index (χ0v) is 12.2. The molecule has 0 unspecified atom stereocenters. The lowest BCUT2D eigenvalue weighted by Crippen LogP contribution is -2.20. The number of hydrogen-bond donors (Lipinski definition) is 1. The molecule has 0 saturated heterocycles. The molecule has 0 aliphatic heterocycles. The molecule has 0 bridgehead atoms. The molecule has 0 saturated carbocycles. The van der Waals surface area contributed by atoms with Crippen LogP contribution in [0.25, 0.3) is 0 Å². The molecular formula is C16H27NO. The Kier molecular flexibility index (Phi) is 6.81. The molecule has 0 spiro atoms. The molecule has 1 N–H and O–H groups in total. The van der Waals surface area contributed by atoms with E-state index < -0.39 is 0 Å². The summed E-state index contributed by atoms with van der Waals surface area (Å²) in [4.78, 5) is 0. The van der Waals surface area contributed by atoms with E-state index in [4.69, 9.17) is 4.74 Å². The van der Waals surface area contributed by atoms with Gasteiger partial charge in [-0.05, 0) is 31.9 Å². The first-order valence-electron chi connectivity index (χ1n) is 7.10. The van der Waals surface area contributed by atoms with Crippen molar-refractivity contribution < 1.29 is 4.74 Å². The van der Waals surface area contributed by atoms with Gasteiger partial charge in [-0.25, -0.2) is 0 Å². The quantitative estimate of drug-likeness (QED) is 0.698. The average molecular weight is 249 g/mol. The highest BCUT2D eigenvalue weighted by Crippen LogP contribution is 2.25. The Morgan fingerprint density at radius 2 is 1.89 bits per heavy atom. The molecule has 102 valence electrons. The zero-order valence-electron chi connectivity index (χ0n) is 12.2. The molecule has 1 rings (SSSR count). The van der Waals surface area contributed by atoms with Crippen molar-refractivity contribution in [3.05, 3.63) is 29.8 Å². The van der Waals surface area contributed by atoms with Crippen LogP contribution in [0.2, 0.25) is 0 Å². The lowest BCUT2D eigenvalue weighted by molar-refractivity contribution is 0.266. The Morgan fingerprint density at radius 1 is 1.17 bits per heavy atom. The molecule has 0 fully saturated rings. The fraction of sp³-hybridized carbons (Fsp3) is 0.625. The molecule has 0 heterocycles. The van der Waals surface area contributed by atoms with Gasteiger partial charge < -0.3 is 10.1 Å². The third kappa shape index (κ3) is 5.09. The average Bonchev–Trinajstić information content (AvgIpc) is 2.37. The highest BCUT2D eigenvalue weighted by atomic mass is 16.5. The molecule has 0 amide bonds. The van der Waals surface area contributed by atoms with Crippen molar-refractivity contribution in [2.24, 2.45) is 5.92 Å². The summed E-state index contributed by atoms with van der Waals surface area (Å²) < 4.78 is 5.89. The van der Waals surface area contributed by atoms with Gasteiger partial charge >= 0.3 is 0 Å². The summed E-state index contributed by atoms with van der Waals surface area (Å²) in [6.45, 7) is 10.6. The van der Waals surface area contributed by atoms with Crippen molar-refractivity contribution >= 4 is 0 Å². The Morgan fingerprint density at radius 3 is 2.56 bits per heavy atom.